The van der Waals surface area contributed by atoms with Gasteiger partial charge in [0, 0.05) is 31.7 Å². The van der Waals surface area contributed by atoms with Crippen molar-refractivity contribution in [1.29, 1.82) is 0 Å². The zero-order valence-corrected chi connectivity index (χ0v) is 13.3. The summed E-state index contributed by atoms with van der Waals surface area (Å²) >= 11 is 0. The summed E-state index contributed by atoms with van der Waals surface area (Å²) in [6, 6.07) is 1.17. The van der Waals surface area contributed by atoms with Crippen LogP contribution in [0.15, 0.2) is 0 Å². The highest BCUT2D eigenvalue weighted by Gasteiger charge is 2.34. The van der Waals surface area contributed by atoms with E-state index in [4.69, 9.17) is 5.73 Å². The van der Waals surface area contributed by atoms with Crippen LogP contribution in [0.3, 0.4) is 0 Å². The molecule has 1 aliphatic heterocycles. The van der Waals surface area contributed by atoms with Crippen LogP contribution in [-0.2, 0) is 0 Å². The van der Waals surface area contributed by atoms with Crippen LogP contribution in [0.25, 0.3) is 0 Å². The lowest BCUT2D eigenvalue weighted by Gasteiger charge is -2.36. The smallest absolute Gasteiger partial charge is 0.0254 e. The summed E-state index contributed by atoms with van der Waals surface area (Å²) in [6.45, 7) is 8.43. The maximum absolute atomic E-state index is 6.37. The molecule has 0 bridgehead atoms. The Morgan fingerprint density at radius 1 is 1.21 bits per heavy atom. The standard InChI is InChI=1S/C16H33N3/c1-5-13-6-7-15(17)14(8-13)10-19-9-12(2)16(11-19)18(3)4/h12-16H,5-11,17H2,1-4H3. The second-order valence-corrected chi connectivity index (χ2v) is 7.24. The van der Waals surface area contributed by atoms with Gasteiger partial charge in [0.05, 0.1) is 0 Å². The predicted molar refractivity (Wildman–Crippen MR) is 82.2 cm³/mol. The molecule has 19 heavy (non-hydrogen) atoms. The first-order valence-corrected chi connectivity index (χ1v) is 8.15. The van der Waals surface area contributed by atoms with Crippen LogP contribution in [0.4, 0.5) is 0 Å². The van der Waals surface area contributed by atoms with Crippen LogP contribution in [0.5, 0.6) is 0 Å². The van der Waals surface area contributed by atoms with E-state index in [0.29, 0.717) is 6.04 Å². The van der Waals surface area contributed by atoms with Crippen LogP contribution in [0.2, 0.25) is 0 Å². The van der Waals surface area contributed by atoms with Crippen molar-refractivity contribution in [3.63, 3.8) is 0 Å². The van der Waals surface area contributed by atoms with Gasteiger partial charge in [-0.3, -0.25) is 0 Å². The Kier molecular flexibility index (Phi) is 5.27. The fraction of sp³-hybridized carbons (Fsp3) is 1.00. The van der Waals surface area contributed by atoms with Gasteiger partial charge in [0.1, 0.15) is 0 Å². The van der Waals surface area contributed by atoms with Crippen molar-refractivity contribution in [3.05, 3.63) is 0 Å². The van der Waals surface area contributed by atoms with Crippen molar-refractivity contribution >= 4 is 0 Å². The first-order chi connectivity index (χ1) is 9.01. The van der Waals surface area contributed by atoms with Crippen molar-refractivity contribution < 1.29 is 0 Å². The Balaban J connectivity index is 1.87. The molecule has 1 aliphatic carbocycles. The molecule has 2 N–H and O–H groups in total. The normalized spacial score (nSPS) is 41.1. The molecule has 5 atom stereocenters. The largest absolute Gasteiger partial charge is 0.327 e. The number of hydrogen-bond donors (Lipinski definition) is 1. The van der Waals surface area contributed by atoms with E-state index in [9.17, 15) is 0 Å². The number of likely N-dealkylation sites (N-methyl/N-ethyl adjacent to an activating group) is 1. The second-order valence-electron chi connectivity index (χ2n) is 7.24. The van der Waals surface area contributed by atoms with Crippen molar-refractivity contribution in [3.8, 4) is 0 Å². The average molecular weight is 267 g/mol. The van der Waals surface area contributed by atoms with E-state index < -0.39 is 0 Å². The zero-order chi connectivity index (χ0) is 14.0. The van der Waals surface area contributed by atoms with Gasteiger partial charge in [0.2, 0.25) is 0 Å². The van der Waals surface area contributed by atoms with Gasteiger partial charge in [-0.05, 0) is 51.1 Å². The molecule has 1 saturated carbocycles. The molecular formula is C16H33N3. The third-order valence-corrected chi connectivity index (χ3v) is 5.53. The van der Waals surface area contributed by atoms with Crippen LogP contribution >= 0.6 is 0 Å². The molecule has 0 spiro atoms. The Morgan fingerprint density at radius 2 is 1.95 bits per heavy atom. The van der Waals surface area contributed by atoms with Gasteiger partial charge in [0.25, 0.3) is 0 Å². The first kappa shape index (κ1) is 15.3. The van der Waals surface area contributed by atoms with Gasteiger partial charge in [0.15, 0.2) is 0 Å². The number of nitrogens with two attached hydrogens (primary N) is 1. The summed E-state index contributed by atoms with van der Waals surface area (Å²) in [5.74, 6) is 2.44. The molecule has 0 aromatic rings. The van der Waals surface area contributed by atoms with E-state index in [2.05, 4.69) is 37.7 Å². The fourth-order valence-corrected chi connectivity index (χ4v) is 4.17. The van der Waals surface area contributed by atoms with Crippen LogP contribution in [-0.4, -0.2) is 55.6 Å². The average Bonchev–Trinajstić information content (AvgIpc) is 2.73. The summed E-state index contributed by atoms with van der Waals surface area (Å²) in [5.41, 5.74) is 6.37. The summed E-state index contributed by atoms with van der Waals surface area (Å²) in [4.78, 5) is 5.05. The lowest BCUT2D eigenvalue weighted by Crippen LogP contribution is -2.43. The lowest BCUT2D eigenvalue weighted by atomic mass is 9.77. The quantitative estimate of drug-likeness (QED) is 0.846. The highest BCUT2D eigenvalue weighted by atomic mass is 15.2. The molecule has 3 nitrogen and oxygen atoms in total. The molecule has 2 fully saturated rings. The van der Waals surface area contributed by atoms with Crippen LogP contribution < -0.4 is 5.73 Å². The van der Waals surface area contributed by atoms with Crippen LogP contribution in [0, 0.1) is 17.8 Å². The molecule has 0 aromatic heterocycles. The second kappa shape index (κ2) is 6.55. The molecule has 0 amide bonds. The molecule has 2 aliphatic rings. The lowest BCUT2D eigenvalue weighted by molar-refractivity contribution is 0.164. The van der Waals surface area contributed by atoms with Crippen molar-refractivity contribution in [2.45, 2.75) is 51.6 Å². The van der Waals surface area contributed by atoms with Crippen LogP contribution in [0.1, 0.15) is 39.5 Å². The topological polar surface area (TPSA) is 32.5 Å². The molecule has 1 heterocycles. The summed E-state index contributed by atoms with van der Waals surface area (Å²) in [6.07, 6.45) is 5.28. The molecular weight excluding hydrogens is 234 g/mol. The summed E-state index contributed by atoms with van der Waals surface area (Å²) in [5, 5.41) is 0. The number of rotatable bonds is 4. The van der Waals surface area contributed by atoms with Crippen molar-refractivity contribution in [2.24, 2.45) is 23.5 Å². The zero-order valence-electron chi connectivity index (χ0n) is 13.3. The van der Waals surface area contributed by atoms with Gasteiger partial charge in [-0.15, -0.1) is 0 Å². The summed E-state index contributed by atoms with van der Waals surface area (Å²) < 4.78 is 0. The Bertz CT molecular complexity index is 279. The SMILES string of the molecule is CCC1CCC(N)C(CN2CC(C)C(N(C)C)C2)C1. The minimum atomic E-state index is 0.441. The molecule has 1 saturated heterocycles. The van der Waals surface area contributed by atoms with E-state index in [1.807, 2.05) is 0 Å². The highest BCUT2D eigenvalue weighted by molar-refractivity contribution is 4.90. The van der Waals surface area contributed by atoms with Gasteiger partial charge < -0.3 is 15.5 Å². The van der Waals surface area contributed by atoms with E-state index >= 15 is 0 Å². The molecule has 0 aromatic carbocycles. The van der Waals surface area contributed by atoms with Gasteiger partial charge in [-0.2, -0.15) is 0 Å². The molecule has 3 heteroatoms. The van der Waals surface area contributed by atoms with E-state index in [1.165, 1.54) is 45.3 Å². The van der Waals surface area contributed by atoms with Crippen molar-refractivity contribution in [2.75, 3.05) is 33.7 Å². The molecule has 2 rings (SSSR count). The highest BCUT2D eigenvalue weighted by Crippen LogP contribution is 2.32. The molecule has 112 valence electrons. The Hall–Kier alpha value is -0.120. The number of hydrogen-bond acceptors (Lipinski definition) is 3. The molecule has 5 unspecified atom stereocenters. The van der Waals surface area contributed by atoms with Gasteiger partial charge >= 0.3 is 0 Å². The minimum Gasteiger partial charge on any atom is -0.327 e. The third kappa shape index (κ3) is 3.71. The monoisotopic (exact) mass is 267 g/mol. The predicted octanol–water partition coefficient (Wildman–Crippen LogP) is 2.02. The fourth-order valence-electron chi connectivity index (χ4n) is 4.17. The van der Waals surface area contributed by atoms with E-state index in [1.54, 1.807) is 0 Å². The maximum Gasteiger partial charge on any atom is 0.0254 e. The number of nitrogens with zero attached hydrogens (tertiary/aromatic N) is 2. The van der Waals surface area contributed by atoms with E-state index in [-0.39, 0.29) is 0 Å². The molecule has 0 radical (unpaired) electrons. The maximum atomic E-state index is 6.37. The Morgan fingerprint density at radius 3 is 2.53 bits per heavy atom. The minimum absolute atomic E-state index is 0.441. The van der Waals surface area contributed by atoms with Gasteiger partial charge in [-0.1, -0.05) is 20.3 Å². The van der Waals surface area contributed by atoms with E-state index in [0.717, 1.165) is 23.8 Å². The van der Waals surface area contributed by atoms with Crippen molar-refractivity contribution in [1.82, 2.24) is 9.80 Å². The number of likely N-dealkylation sites (tertiary alicyclic amines) is 1. The summed E-state index contributed by atoms with van der Waals surface area (Å²) in [7, 11) is 4.42. The van der Waals surface area contributed by atoms with Gasteiger partial charge in [-0.25, -0.2) is 0 Å². The first-order valence-electron chi connectivity index (χ1n) is 8.15. The Labute approximate surface area is 119 Å². The third-order valence-electron chi connectivity index (χ3n) is 5.53.